The molecule has 0 heterocycles. The molecule has 0 aliphatic rings. The summed E-state index contributed by atoms with van der Waals surface area (Å²) >= 11 is 2.39. The molecule has 0 fully saturated rings. The largest absolute Gasteiger partial charge is 0.396 e. The zero-order valence-corrected chi connectivity index (χ0v) is 8.10. The SMILES string of the molecule is CC(CCO)CCCI. The van der Waals surface area contributed by atoms with E-state index in [1.165, 1.54) is 17.3 Å². The lowest BCUT2D eigenvalue weighted by Crippen LogP contribution is -1.97. The van der Waals surface area contributed by atoms with Crippen LogP contribution in [-0.4, -0.2) is 16.1 Å². The van der Waals surface area contributed by atoms with Gasteiger partial charge in [0.05, 0.1) is 0 Å². The van der Waals surface area contributed by atoms with Crippen molar-refractivity contribution in [1.82, 2.24) is 0 Å². The van der Waals surface area contributed by atoms with Gasteiger partial charge in [-0.1, -0.05) is 29.5 Å². The minimum absolute atomic E-state index is 0.350. The fourth-order valence-electron chi connectivity index (χ4n) is 0.790. The van der Waals surface area contributed by atoms with Gasteiger partial charge in [0.1, 0.15) is 0 Å². The van der Waals surface area contributed by atoms with Crippen LogP contribution in [0.4, 0.5) is 0 Å². The van der Waals surface area contributed by atoms with Crippen molar-refractivity contribution in [2.75, 3.05) is 11.0 Å². The normalized spacial score (nSPS) is 13.7. The minimum atomic E-state index is 0.350. The van der Waals surface area contributed by atoms with Gasteiger partial charge in [-0.05, 0) is 29.6 Å². The van der Waals surface area contributed by atoms with Crippen molar-refractivity contribution in [2.24, 2.45) is 5.92 Å². The number of alkyl halides is 1. The Bertz CT molecular complexity index is 56.9. The maximum atomic E-state index is 8.53. The summed E-state index contributed by atoms with van der Waals surface area (Å²) in [6, 6.07) is 0. The molecule has 2 heteroatoms. The van der Waals surface area contributed by atoms with Gasteiger partial charge in [0.25, 0.3) is 0 Å². The van der Waals surface area contributed by atoms with Crippen molar-refractivity contribution in [3.8, 4) is 0 Å². The van der Waals surface area contributed by atoms with E-state index >= 15 is 0 Å². The Morgan fingerprint density at radius 3 is 2.56 bits per heavy atom. The molecule has 1 N–H and O–H groups in total. The molecule has 9 heavy (non-hydrogen) atoms. The third kappa shape index (κ3) is 6.58. The molecule has 1 atom stereocenters. The van der Waals surface area contributed by atoms with Crippen LogP contribution >= 0.6 is 22.6 Å². The standard InChI is InChI=1S/C7H15IO/c1-7(4-6-9)3-2-5-8/h7,9H,2-6H2,1H3. The van der Waals surface area contributed by atoms with Gasteiger partial charge in [0.15, 0.2) is 0 Å². The lowest BCUT2D eigenvalue weighted by molar-refractivity contribution is 0.258. The molecule has 0 bridgehead atoms. The van der Waals surface area contributed by atoms with Crippen LogP contribution in [0.5, 0.6) is 0 Å². The number of hydrogen-bond donors (Lipinski definition) is 1. The van der Waals surface area contributed by atoms with Crippen LogP contribution in [0, 0.1) is 5.92 Å². The first-order valence-electron chi connectivity index (χ1n) is 3.48. The zero-order chi connectivity index (χ0) is 7.11. The summed E-state index contributed by atoms with van der Waals surface area (Å²) in [5, 5.41) is 8.53. The molecule has 1 unspecified atom stereocenters. The van der Waals surface area contributed by atoms with Crippen LogP contribution < -0.4 is 0 Å². The van der Waals surface area contributed by atoms with Crippen LogP contribution in [-0.2, 0) is 0 Å². The molecule has 56 valence electrons. The number of aliphatic hydroxyl groups excluding tert-OH is 1. The van der Waals surface area contributed by atoms with Gasteiger partial charge in [0.2, 0.25) is 0 Å². The molecule has 0 amide bonds. The summed E-state index contributed by atoms with van der Waals surface area (Å²) in [5.41, 5.74) is 0. The third-order valence-corrected chi connectivity index (χ3v) is 2.22. The van der Waals surface area contributed by atoms with Crippen molar-refractivity contribution >= 4 is 22.6 Å². The molecule has 0 radical (unpaired) electrons. The first kappa shape index (κ1) is 9.69. The Hall–Kier alpha value is 0.690. The van der Waals surface area contributed by atoms with E-state index in [0.717, 1.165) is 6.42 Å². The summed E-state index contributed by atoms with van der Waals surface area (Å²) in [6.07, 6.45) is 3.53. The van der Waals surface area contributed by atoms with Crippen molar-refractivity contribution in [3.63, 3.8) is 0 Å². The second kappa shape index (κ2) is 6.81. The first-order valence-corrected chi connectivity index (χ1v) is 5.00. The van der Waals surface area contributed by atoms with Crippen LogP contribution in [0.3, 0.4) is 0 Å². The molecular weight excluding hydrogens is 227 g/mol. The maximum absolute atomic E-state index is 8.53. The van der Waals surface area contributed by atoms with Crippen molar-refractivity contribution in [1.29, 1.82) is 0 Å². The van der Waals surface area contributed by atoms with Crippen molar-refractivity contribution in [3.05, 3.63) is 0 Å². The third-order valence-electron chi connectivity index (χ3n) is 1.45. The first-order chi connectivity index (χ1) is 4.31. The number of rotatable bonds is 5. The van der Waals surface area contributed by atoms with Gasteiger partial charge < -0.3 is 5.11 Å². The van der Waals surface area contributed by atoms with Gasteiger partial charge in [-0.3, -0.25) is 0 Å². The van der Waals surface area contributed by atoms with Gasteiger partial charge >= 0.3 is 0 Å². The zero-order valence-electron chi connectivity index (χ0n) is 5.94. The molecule has 0 aliphatic heterocycles. The van der Waals surface area contributed by atoms with Gasteiger partial charge in [-0.25, -0.2) is 0 Å². The Kier molecular flexibility index (Phi) is 7.33. The number of aliphatic hydroxyl groups is 1. The smallest absolute Gasteiger partial charge is 0.0433 e. The monoisotopic (exact) mass is 242 g/mol. The van der Waals surface area contributed by atoms with Crippen LogP contribution in [0.1, 0.15) is 26.2 Å². The Labute approximate surface area is 71.0 Å². The van der Waals surface area contributed by atoms with Crippen LogP contribution in [0.25, 0.3) is 0 Å². The van der Waals surface area contributed by atoms with Gasteiger partial charge in [0, 0.05) is 6.61 Å². The molecule has 1 nitrogen and oxygen atoms in total. The number of halogens is 1. The van der Waals surface area contributed by atoms with Crippen LogP contribution in [0.2, 0.25) is 0 Å². The highest BCUT2D eigenvalue weighted by atomic mass is 127. The van der Waals surface area contributed by atoms with Gasteiger partial charge in [-0.15, -0.1) is 0 Å². The second-order valence-corrected chi connectivity index (χ2v) is 3.53. The van der Waals surface area contributed by atoms with Crippen molar-refractivity contribution in [2.45, 2.75) is 26.2 Å². The van der Waals surface area contributed by atoms with E-state index < -0.39 is 0 Å². The summed E-state index contributed by atoms with van der Waals surface area (Å²) < 4.78 is 1.24. The Morgan fingerprint density at radius 2 is 2.11 bits per heavy atom. The molecule has 0 saturated heterocycles. The van der Waals surface area contributed by atoms with E-state index in [-0.39, 0.29) is 0 Å². The van der Waals surface area contributed by atoms with Crippen LogP contribution in [0.15, 0.2) is 0 Å². The molecule has 0 saturated carbocycles. The molecule has 0 aromatic heterocycles. The van der Waals surface area contributed by atoms with E-state index in [2.05, 4.69) is 29.5 Å². The van der Waals surface area contributed by atoms with E-state index in [1.54, 1.807) is 0 Å². The lowest BCUT2D eigenvalue weighted by atomic mass is 10.0. The summed E-state index contributed by atoms with van der Waals surface area (Å²) in [6.45, 7) is 2.55. The highest BCUT2D eigenvalue weighted by Gasteiger charge is 1.98. The second-order valence-electron chi connectivity index (χ2n) is 2.45. The predicted octanol–water partition coefficient (Wildman–Crippen LogP) is 2.22. The summed E-state index contributed by atoms with van der Waals surface area (Å²) in [7, 11) is 0. The average molecular weight is 242 g/mol. The fraction of sp³-hybridized carbons (Fsp3) is 1.00. The molecule has 0 rings (SSSR count). The minimum Gasteiger partial charge on any atom is -0.396 e. The fourth-order valence-corrected chi connectivity index (χ4v) is 1.23. The van der Waals surface area contributed by atoms with Gasteiger partial charge in [-0.2, -0.15) is 0 Å². The molecule has 0 aliphatic carbocycles. The number of hydrogen-bond acceptors (Lipinski definition) is 1. The summed E-state index contributed by atoms with van der Waals surface area (Å²) in [5.74, 6) is 0.713. The van der Waals surface area contributed by atoms with Crippen molar-refractivity contribution < 1.29 is 5.11 Å². The summed E-state index contributed by atoms with van der Waals surface area (Å²) in [4.78, 5) is 0. The highest BCUT2D eigenvalue weighted by molar-refractivity contribution is 14.1. The molecule has 0 aromatic rings. The highest BCUT2D eigenvalue weighted by Crippen LogP contribution is 2.09. The molecule has 0 aromatic carbocycles. The van der Waals surface area contributed by atoms with E-state index in [4.69, 9.17) is 5.11 Å². The average Bonchev–Trinajstić information content (AvgIpc) is 1.85. The van der Waals surface area contributed by atoms with E-state index in [0.29, 0.717) is 12.5 Å². The molecular formula is C7H15IO. The quantitative estimate of drug-likeness (QED) is 0.579. The Balaban J connectivity index is 2.95. The topological polar surface area (TPSA) is 20.2 Å². The maximum Gasteiger partial charge on any atom is 0.0433 e. The molecule has 0 spiro atoms. The van der Waals surface area contributed by atoms with E-state index in [1.807, 2.05) is 0 Å². The lowest BCUT2D eigenvalue weighted by Gasteiger charge is -2.06. The predicted molar refractivity (Wildman–Crippen MR) is 49.0 cm³/mol. The van der Waals surface area contributed by atoms with E-state index in [9.17, 15) is 0 Å². The Morgan fingerprint density at radius 1 is 1.44 bits per heavy atom.